The molecular formula is C23H35N3O2. The molecule has 0 aliphatic heterocycles. The number of anilines is 1. The lowest BCUT2D eigenvalue weighted by atomic mass is 9.97. The molecule has 0 saturated carbocycles. The summed E-state index contributed by atoms with van der Waals surface area (Å²) in [5.41, 5.74) is 2.93. The van der Waals surface area contributed by atoms with Crippen molar-refractivity contribution in [3.8, 4) is 0 Å². The summed E-state index contributed by atoms with van der Waals surface area (Å²) in [6.07, 6.45) is 10.1. The molecule has 1 aliphatic carbocycles. The summed E-state index contributed by atoms with van der Waals surface area (Å²) >= 11 is 0. The van der Waals surface area contributed by atoms with Crippen molar-refractivity contribution < 1.29 is 9.59 Å². The summed E-state index contributed by atoms with van der Waals surface area (Å²) in [4.78, 5) is 26.7. The minimum Gasteiger partial charge on any atom is -0.376 e. The molecular weight excluding hydrogens is 350 g/mol. The number of nitrogens with zero attached hydrogens (tertiary/aromatic N) is 1. The van der Waals surface area contributed by atoms with E-state index >= 15 is 0 Å². The molecule has 0 aromatic heterocycles. The van der Waals surface area contributed by atoms with E-state index in [1.165, 1.54) is 31.3 Å². The maximum Gasteiger partial charge on any atom is 0.253 e. The molecule has 154 valence electrons. The molecule has 0 saturated heterocycles. The van der Waals surface area contributed by atoms with Crippen LogP contribution in [0.3, 0.4) is 0 Å². The van der Waals surface area contributed by atoms with Crippen LogP contribution in [0.25, 0.3) is 0 Å². The zero-order chi connectivity index (χ0) is 20.2. The second kappa shape index (κ2) is 12.2. The molecule has 0 bridgehead atoms. The number of rotatable bonds is 11. The highest BCUT2D eigenvalue weighted by molar-refractivity contribution is 5.95. The van der Waals surface area contributed by atoms with Gasteiger partial charge in [0.2, 0.25) is 5.91 Å². The van der Waals surface area contributed by atoms with Crippen LogP contribution in [0.5, 0.6) is 0 Å². The molecule has 2 rings (SSSR count). The molecule has 1 aliphatic rings. The summed E-state index contributed by atoms with van der Waals surface area (Å²) in [7, 11) is 0. The molecule has 1 aromatic rings. The third kappa shape index (κ3) is 7.37. The SMILES string of the molecule is CCCN(CCC)C(=O)c1cccc(NCC(=O)NCCC2=CCCCC2)c1. The van der Waals surface area contributed by atoms with Crippen LogP contribution < -0.4 is 10.6 Å². The Morgan fingerprint density at radius 1 is 1.11 bits per heavy atom. The number of carbonyl (C=O) groups excluding carboxylic acids is 2. The smallest absolute Gasteiger partial charge is 0.253 e. The zero-order valence-electron chi connectivity index (χ0n) is 17.4. The maximum absolute atomic E-state index is 12.7. The van der Waals surface area contributed by atoms with Gasteiger partial charge in [-0.2, -0.15) is 0 Å². The molecule has 5 nitrogen and oxygen atoms in total. The molecule has 0 heterocycles. The Labute approximate surface area is 169 Å². The first kappa shape index (κ1) is 22.0. The number of benzene rings is 1. The first-order valence-corrected chi connectivity index (χ1v) is 10.7. The van der Waals surface area contributed by atoms with Crippen LogP contribution in [0.1, 0.15) is 69.2 Å². The molecule has 28 heavy (non-hydrogen) atoms. The third-order valence-electron chi connectivity index (χ3n) is 4.99. The Balaban J connectivity index is 1.80. The fourth-order valence-corrected chi connectivity index (χ4v) is 3.54. The third-order valence-corrected chi connectivity index (χ3v) is 4.99. The molecule has 0 unspecified atom stereocenters. The highest BCUT2D eigenvalue weighted by Gasteiger charge is 2.14. The van der Waals surface area contributed by atoms with Crippen LogP contribution in [-0.2, 0) is 4.79 Å². The molecule has 0 fully saturated rings. The van der Waals surface area contributed by atoms with E-state index in [0.29, 0.717) is 12.1 Å². The van der Waals surface area contributed by atoms with Gasteiger partial charge in [-0.15, -0.1) is 0 Å². The van der Waals surface area contributed by atoms with E-state index in [1.807, 2.05) is 29.2 Å². The largest absolute Gasteiger partial charge is 0.376 e. The van der Waals surface area contributed by atoms with Crippen LogP contribution >= 0.6 is 0 Å². The molecule has 1 aromatic carbocycles. The highest BCUT2D eigenvalue weighted by Crippen LogP contribution is 2.19. The summed E-state index contributed by atoms with van der Waals surface area (Å²) in [6.45, 7) is 6.60. The van der Waals surface area contributed by atoms with Crippen molar-refractivity contribution in [2.75, 3.05) is 31.5 Å². The highest BCUT2D eigenvalue weighted by atomic mass is 16.2. The van der Waals surface area contributed by atoms with Crippen LogP contribution in [0.15, 0.2) is 35.9 Å². The normalized spacial score (nSPS) is 13.6. The topological polar surface area (TPSA) is 61.4 Å². The Hall–Kier alpha value is -2.30. The standard InChI is InChI=1S/C23H35N3O2/c1-3-15-26(16-4-2)23(28)20-11-8-12-21(17-20)25-18-22(27)24-14-13-19-9-6-5-7-10-19/h8-9,11-12,17,25H,3-7,10,13-16,18H2,1-2H3,(H,24,27). The number of nitrogens with one attached hydrogen (secondary N) is 2. The van der Waals surface area contributed by atoms with Crippen LogP contribution in [0, 0.1) is 0 Å². The first-order chi connectivity index (χ1) is 13.6. The van der Waals surface area contributed by atoms with Crippen molar-refractivity contribution in [1.82, 2.24) is 10.2 Å². The molecule has 5 heteroatoms. The fourth-order valence-electron chi connectivity index (χ4n) is 3.54. The fraction of sp³-hybridized carbons (Fsp3) is 0.565. The Morgan fingerprint density at radius 3 is 2.57 bits per heavy atom. The van der Waals surface area contributed by atoms with E-state index in [2.05, 4.69) is 30.6 Å². The van der Waals surface area contributed by atoms with E-state index in [4.69, 9.17) is 0 Å². The van der Waals surface area contributed by atoms with Gasteiger partial charge in [-0.25, -0.2) is 0 Å². The lowest BCUT2D eigenvalue weighted by molar-refractivity contribution is -0.119. The van der Waals surface area contributed by atoms with Crippen molar-refractivity contribution in [2.45, 2.75) is 58.8 Å². The molecule has 0 spiro atoms. The number of amides is 2. The summed E-state index contributed by atoms with van der Waals surface area (Å²) in [6, 6.07) is 7.42. The van der Waals surface area contributed by atoms with Gasteiger partial charge in [0.25, 0.3) is 5.91 Å². The second-order valence-electron chi connectivity index (χ2n) is 7.43. The number of allylic oxidation sites excluding steroid dienone is 1. The average molecular weight is 386 g/mol. The van der Waals surface area contributed by atoms with Gasteiger partial charge in [0.15, 0.2) is 0 Å². The van der Waals surface area contributed by atoms with E-state index in [-0.39, 0.29) is 18.4 Å². The Bertz CT molecular complexity index is 664. The first-order valence-electron chi connectivity index (χ1n) is 10.7. The summed E-state index contributed by atoms with van der Waals surface area (Å²) < 4.78 is 0. The van der Waals surface area contributed by atoms with Crippen LogP contribution in [0.4, 0.5) is 5.69 Å². The van der Waals surface area contributed by atoms with Gasteiger partial charge in [-0.05, 0) is 63.1 Å². The van der Waals surface area contributed by atoms with Crippen molar-refractivity contribution in [3.05, 3.63) is 41.5 Å². The lowest BCUT2D eigenvalue weighted by Crippen LogP contribution is -2.32. The van der Waals surface area contributed by atoms with E-state index in [9.17, 15) is 9.59 Å². The van der Waals surface area contributed by atoms with E-state index in [1.54, 1.807) is 0 Å². The Kier molecular flexibility index (Phi) is 9.60. The van der Waals surface area contributed by atoms with Crippen molar-refractivity contribution >= 4 is 17.5 Å². The van der Waals surface area contributed by atoms with E-state index in [0.717, 1.165) is 38.0 Å². The molecule has 2 amide bonds. The molecule has 0 radical (unpaired) electrons. The number of hydrogen-bond acceptors (Lipinski definition) is 3. The van der Waals surface area contributed by atoms with Gasteiger partial charge in [0.05, 0.1) is 6.54 Å². The minimum absolute atomic E-state index is 0.0215. The number of hydrogen-bond donors (Lipinski definition) is 2. The monoisotopic (exact) mass is 385 g/mol. The van der Waals surface area contributed by atoms with Gasteiger partial charge < -0.3 is 15.5 Å². The van der Waals surface area contributed by atoms with Gasteiger partial charge in [-0.3, -0.25) is 9.59 Å². The predicted molar refractivity (Wildman–Crippen MR) is 116 cm³/mol. The van der Waals surface area contributed by atoms with Crippen molar-refractivity contribution in [3.63, 3.8) is 0 Å². The quantitative estimate of drug-likeness (QED) is 0.556. The maximum atomic E-state index is 12.7. The van der Waals surface area contributed by atoms with Crippen LogP contribution in [0.2, 0.25) is 0 Å². The lowest BCUT2D eigenvalue weighted by Gasteiger charge is -2.21. The van der Waals surface area contributed by atoms with Gasteiger partial charge in [-0.1, -0.05) is 31.6 Å². The van der Waals surface area contributed by atoms with Gasteiger partial charge >= 0.3 is 0 Å². The second-order valence-corrected chi connectivity index (χ2v) is 7.43. The van der Waals surface area contributed by atoms with Crippen molar-refractivity contribution in [1.29, 1.82) is 0 Å². The number of carbonyl (C=O) groups is 2. The summed E-state index contributed by atoms with van der Waals surface area (Å²) in [5.74, 6) is 0.0317. The average Bonchev–Trinajstić information content (AvgIpc) is 2.72. The van der Waals surface area contributed by atoms with Crippen molar-refractivity contribution in [2.24, 2.45) is 0 Å². The van der Waals surface area contributed by atoms with Gasteiger partial charge in [0.1, 0.15) is 0 Å². The predicted octanol–water partition coefficient (Wildman–Crippen LogP) is 4.37. The minimum atomic E-state index is -0.0215. The zero-order valence-corrected chi connectivity index (χ0v) is 17.4. The molecule has 0 atom stereocenters. The van der Waals surface area contributed by atoms with E-state index < -0.39 is 0 Å². The summed E-state index contributed by atoms with van der Waals surface area (Å²) in [5, 5.41) is 6.11. The van der Waals surface area contributed by atoms with Crippen LogP contribution in [-0.4, -0.2) is 42.9 Å². The Morgan fingerprint density at radius 2 is 1.89 bits per heavy atom. The van der Waals surface area contributed by atoms with Gasteiger partial charge in [0, 0.05) is 30.9 Å². The molecule has 2 N–H and O–H groups in total.